The van der Waals surface area contributed by atoms with Crippen LogP contribution in [0.25, 0.3) is 0 Å². The third-order valence-corrected chi connectivity index (χ3v) is 6.17. The Balaban J connectivity index is 2.40. The summed E-state index contributed by atoms with van der Waals surface area (Å²) in [4.78, 5) is 81.1. The molecule has 1 aliphatic heterocycles. The Morgan fingerprint density at radius 2 is 1.75 bits per heavy atom. The topological polar surface area (TPSA) is 238 Å². The van der Waals surface area contributed by atoms with Gasteiger partial charge in [0.2, 0.25) is 23.6 Å². The average molecular weight is 561 g/mol. The van der Waals surface area contributed by atoms with E-state index >= 15 is 0 Å². The molecule has 1 aliphatic rings. The third-order valence-electron chi connectivity index (χ3n) is 6.17. The van der Waals surface area contributed by atoms with Crippen molar-refractivity contribution in [1.29, 1.82) is 0 Å². The fourth-order valence-electron chi connectivity index (χ4n) is 4.02. The van der Waals surface area contributed by atoms with Gasteiger partial charge in [0, 0.05) is 25.7 Å². The van der Waals surface area contributed by atoms with Crippen LogP contribution in [0, 0.1) is 0 Å². The van der Waals surface area contributed by atoms with E-state index in [1.807, 2.05) is 0 Å². The van der Waals surface area contributed by atoms with Gasteiger partial charge in [0.1, 0.15) is 18.1 Å². The summed E-state index contributed by atoms with van der Waals surface area (Å²) < 4.78 is 0. The number of likely N-dealkylation sites (N-methyl/N-ethyl adjacent to an activating group) is 1. The Labute approximate surface area is 231 Å². The molecule has 2 rings (SSSR count). The Bertz CT molecular complexity index is 1150. The van der Waals surface area contributed by atoms with Crippen LogP contribution in [0.1, 0.15) is 48.5 Å². The Kier molecular flexibility index (Phi) is 11.9. The summed E-state index contributed by atoms with van der Waals surface area (Å²) in [5, 5.41) is 19.2. The molecule has 5 amide bonds. The maximum Gasteiger partial charge on any atom is 0.305 e. The molecule has 218 valence electrons. The highest BCUT2D eigenvalue weighted by atomic mass is 16.4. The van der Waals surface area contributed by atoms with Gasteiger partial charge in [0.15, 0.2) is 5.96 Å². The molecule has 1 aromatic rings. The minimum atomic E-state index is -1.42. The molecule has 0 aromatic heterocycles. The summed E-state index contributed by atoms with van der Waals surface area (Å²) in [5.41, 5.74) is 11.5. The van der Waals surface area contributed by atoms with Crippen LogP contribution in [0.3, 0.4) is 0 Å². The van der Waals surface area contributed by atoms with Crippen LogP contribution in [-0.2, 0) is 30.5 Å². The highest BCUT2D eigenvalue weighted by Crippen LogP contribution is 2.12. The van der Waals surface area contributed by atoms with Crippen LogP contribution in [-0.4, -0.2) is 89.7 Å². The summed E-state index contributed by atoms with van der Waals surface area (Å²) in [6.07, 6.45) is -0.0169. The second-order valence-corrected chi connectivity index (χ2v) is 9.20. The van der Waals surface area contributed by atoms with E-state index < -0.39 is 66.6 Å². The first-order chi connectivity index (χ1) is 18.9. The van der Waals surface area contributed by atoms with E-state index in [0.717, 1.165) is 0 Å². The molecular weight excluding hydrogens is 524 g/mol. The molecule has 0 fully saturated rings. The second kappa shape index (κ2) is 15.0. The SMILES string of the molecule is CC[C@H]1NC(=O)c2cccc(c2)CNC(=O)[C@H](CC(=O)O)NC(=O)CNC(=O)[C@H](CCCN=C(N)N)N(C)C1=O. The molecular formula is C25H36N8O7. The van der Waals surface area contributed by atoms with E-state index in [1.54, 1.807) is 19.1 Å². The molecule has 0 saturated heterocycles. The molecule has 1 aromatic carbocycles. The minimum Gasteiger partial charge on any atom is -0.481 e. The summed E-state index contributed by atoms with van der Waals surface area (Å²) in [7, 11) is 1.41. The number of amides is 5. The number of benzene rings is 1. The van der Waals surface area contributed by atoms with Crippen LogP contribution < -0.4 is 32.7 Å². The number of aliphatic carboxylic acids is 1. The lowest BCUT2D eigenvalue weighted by molar-refractivity contribution is -0.141. The van der Waals surface area contributed by atoms with E-state index in [9.17, 15) is 33.9 Å². The van der Waals surface area contributed by atoms with E-state index in [2.05, 4.69) is 26.3 Å². The van der Waals surface area contributed by atoms with Crippen molar-refractivity contribution in [3.05, 3.63) is 35.4 Å². The van der Waals surface area contributed by atoms with Crippen molar-refractivity contribution in [1.82, 2.24) is 26.2 Å². The molecule has 0 radical (unpaired) electrons. The van der Waals surface area contributed by atoms with Crippen LogP contribution in [0.2, 0.25) is 0 Å². The number of nitrogens with one attached hydrogen (secondary N) is 4. The third kappa shape index (κ3) is 9.56. The number of guanidine groups is 1. The Hall–Kier alpha value is -4.69. The first kappa shape index (κ1) is 31.5. The average Bonchev–Trinajstić information content (AvgIpc) is 2.91. The number of hydrogen-bond donors (Lipinski definition) is 7. The van der Waals surface area contributed by atoms with Gasteiger partial charge in [-0.25, -0.2) is 0 Å². The standard InChI is InChI=1S/C25H36N8O7/c1-3-16-24(40)33(2)18(8-5-9-28-25(26)27)23(39)30-13-19(34)31-17(11-20(35)36)22(38)29-12-14-6-4-7-15(10-14)21(37)32-16/h4,6-7,10,16-18H,3,5,8-9,11-13H2,1-2H3,(H,29,38)(H,30,39)(H,31,34)(H,32,37)(H,35,36)(H4,26,27,28)/t16-,17+,18+/m1/s1. The molecule has 9 N–H and O–H groups in total. The normalized spacial score (nSPS) is 21.2. The van der Waals surface area contributed by atoms with Gasteiger partial charge in [-0.05, 0) is 37.0 Å². The molecule has 0 spiro atoms. The van der Waals surface area contributed by atoms with E-state index in [0.29, 0.717) is 12.0 Å². The van der Waals surface area contributed by atoms with Crippen LogP contribution in [0.4, 0.5) is 0 Å². The van der Waals surface area contributed by atoms with Crippen molar-refractivity contribution in [2.75, 3.05) is 20.1 Å². The summed E-state index contributed by atoms with van der Waals surface area (Å²) in [6, 6.07) is 2.87. The van der Waals surface area contributed by atoms with Gasteiger partial charge in [-0.2, -0.15) is 0 Å². The van der Waals surface area contributed by atoms with Gasteiger partial charge in [0.05, 0.1) is 13.0 Å². The second-order valence-electron chi connectivity index (χ2n) is 9.20. The van der Waals surface area contributed by atoms with Gasteiger partial charge >= 0.3 is 5.97 Å². The van der Waals surface area contributed by atoms with Crippen LogP contribution in [0.15, 0.2) is 29.3 Å². The van der Waals surface area contributed by atoms with E-state index in [1.165, 1.54) is 24.1 Å². The lowest BCUT2D eigenvalue weighted by atomic mass is 10.1. The number of carbonyl (C=O) groups is 6. The molecule has 1 heterocycles. The molecule has 15 heteroatoms. The predicted octanol–water partition coefficient (Wildman–Crippen LogP) is -2.22. The maximum atomic E-state index is 13.4. The fraction of sp³-hybridized carbons (Fsp3) is 0.480. The minimum absolute atomic E-state index is 0.0525. The lowest BCUT2D eigenvalue weighted by Crippen LogP contribution is -2.55. The van der Waals surface area contributed by atoms with Gasteiger partial charge in [0.25, 0.3) is 5.91 Å². The van der Waals surface area contributed by atoms with Crippen molar-refractivity contribution in [3.8, 4) is 0 Å². The first-order valence-electron chi connectivity index (χ1n) is 12.7. The Morgan fingerprint density at radius 3 is 2.40 bits per heavy atom. The molecule has 15 nitrogen and oxygen atoms in total. The monoisotopic (exact) mass is 560 g/mol. The highest BCUT2D eigenvalue weighted by Gasteiger charge is 2.32. The van der Waals surface area contributed by atoms with Crippen LogP contribution in [0.5, 0.6) is 0 Å². The molecule has 2 bridgehead atoms. The fourth-order valence-corrected chi connectivity index (χ4v) is 4.02. The molecule has 0 aliphatic carbocycles. The van der Waals surface area contributed by atoms with Gasteiger partial charge in [-0.3, -0.25) is 33.8 Å². The smallest absolute Gasteiger partial charge is 0.305 e. The predicted molar refractivity (Wildman–Crippen MR) is 143 cm³/mol. The zero-order valence-electron chi connectivity index (χ0n) is 22.4. The van der Waals surface area contributed by atoms with E-state index in [4.69, 9.17) is 11.5 Å². The number of rotatable bonds is 7. The van der Waals surface area contributed by atoms with Crippen molar-refractivity contribution >= 4 is 41.5 Å². The van der Waals surface area contributed by atoms with Crippen molar-refractivity contribution in [2.24, 2.45) is 16.5 Å². The highest BCUT2D eigenvalue weighted by molar-refractivity contribution is 5.99. The zero-order chi connectivity index (χ0) is 29.8. The van der Waals surface area contributed by atoms with Gasteiger partial charge in [-0.15, -0.1) is 0 Å². The largest absolute Gasteiger partial charge is 0.481 e. The summed E-state index contributed by atoms with van der Waals surface area (Å²) in [6.45, 7) is 1.26. The zero-order valence-corrected chi connectivity index (χ0v) is 22.4. The van der Waals surface area contributed by atoms with Gasteiger partial charge in [-0.1, -0.05) is 19.1 Å². The molecule has 0 unspecified atom stereocenters. The number of carboxylic acids is 1. The summed E-state index contributed by atoms with van der Waals surface area (Å²) >= 11 is 0. The maximum absolute atomic E-state index is 13.4. The molecule has 0 saturated carbocycles. The number of carboxylic acid groups (broad SMARTS) is 1. The number of nitrogens with two attached hydrogens (primary N) is 2. The van der Waals surface area contributed by atoms with Crippen molar-refractivity contribution < 1.29 is 33.9 Å². The quantitative estimate of drug-likeness (QED) is 0.108. The number of nitrogens with zero attached hydrogens (tertiary/aromatic N) is 2. The molecule has 3 atom stereocenters. The number of carbonyl (C=O) groups excluding carboxylic acids is 5. The lowest BCUT2D eigenvalue weighted by Gasteiger charge is -2.30. The first-order valence-corrected chi connectivity index (χ1v) is 12.7. The Morgan fingerprint density at radius 1 is 1.05 bits per heavy atom. The van der Waals surface area contributed by atoms with Crippen LogP contribution >= 0.6 is 0 Å². The van der Waals surface area contributed by atoms with Gasteiger partial charge < -0.3 is 42.7 Å². The molecule has 40 heavy (non-hydrogen) atoms. The van der Waals surface area contributed by atoms with Crippen molar-refractivity contribution in [2.45, 2.75) is 57.3 Å². The summed E-state index contributed by atoms with van der Waals surface area (Å²) in [5.74, 6) is -4.74. The number of hydrogen-bond acceptors (Lipinski definition) is 7. The number of fused-ring (bicyclic) bond motifs is 2. The number of aliphatic imine (C=N–C) groups is 1. The van der Waals surface area contributed by atoms with E-state index in [-0.39, 0.29) is 37.5 Å². The van der Waals surface area contributed by atoms with Crippen molar-refractivity contribution in [3.63, 3.8) is 0 Å².